The van der Waals surface area contributed by atoms with Crippen molar-refractivity contribution in [2.24, 2.45) is 0 Å². The molecule has 0 saturated heterocycles. The Morgan fingerprint density at radius 1 is 1.50 bits per heavy atom. The number of rotatable bonds is 2. The summed E-state index contributed by atoms with van der Waals surface area (Å²) < 4.78 is 6.73. The molecule has 0 fully saturated rings. The van der Waals surface area contributed by atoms with Gasteiger partial charge >= 0.3 is 5.76 Å². The number of benzene rings is 1. The Labute approximate surface area is 106 Å². The molecule has 1 aromatic carbocycles. The molecular weight excluding hydrogens is 250 g/mol. The van der Waals surface area contributed by atoms with Crippen LogP contribution in [-0.4, -0.2) is 9.55 Å². The highest BCUT2D eigenvalue weighted by molar-refractivity contribution is 7.09. The maximum atomic E-state index is 11.8. The summed E-state index contributed by atoms with van der Waals surface area (Å²) >= 11 is 1.53. The van der Waals surface area contributed by atoms with Gasteiger partial charge in [0, 0.05) is 22.8 Å². The molecule has 0 spiro atoms. The second-order valence-electron chi connectivity index (χ2n) is 4.06. The third-order valence-electron chi connectivity index (χ3n) is 2.65. The molecule has 0 unspecified atom stereocenters. The average Bonchev–Trinajstić information content (AvgIpc) is 2.84. The molecule has 0 aliphatic heterocycles. The van der Waals surface area contributed by atoms with E-state index in [2.05, 4.69) is 4.98 Å². The van der Waals surface area contributed by atoms with Crippen molar-refractivity contribution in [2.45, 2.75) is 13.5 Å². The Hall–Kier alpha value is -2.08. The molecule has 3 aromatic rings. The SMILES string of the molecule is Cc1csc(Cn2c(=O)oc3cc(N)ccc32)n1. The number of fused-ring (bicyclic) bond motifs is 1. The van der Waals surface area contributed by atoms with Gasteiger partial charge in [0.1, 0.15) is 5.01 Å². The molecule has 0 aliphatic carbocycles. The molecule has 0 radical (unpaired) electrons. The minimum atomic E-state index is -0.386. The number of nitrogens with zero attached hydrogens (tertiary/aromatic N) is 2. The fraction of sp³-hybridized carbons (Fsp3) is 0.167. The van der Waals surface area contributed by atoms with Gasteiger partial charge in [0.25, 0.3) is 0 Å². The zero-order valence-electron chi connectivity index (χ0n) is 9.71. The molecule has 0 bridgehead atoms. The summed E-state index contributed by atoms with van der Waals surface area (Å²) in [4.78, 5) is 16.1. The number of oxazole rings is 1. The van der Waals surface area contributed by atoms with Crippen molar-refractivity contribution in [1.29, 1.82) is 0 Å². The standard InChI is InChI=1S/C12H11N3O2S/c1-7-6-18-11(14-7)5-15-9-3-2-8(13)4-10(9)17-12(15)16/h2-4,6H,5,13H2,1H3. The molecule has 0 amide bonds. The van der Waals surface area contributed by atoms with Crippen LogP contribution in [0.4, 0.5) is 5.69 Å². The van der Waals surface area contributed by atoms with E-state index in [4.69, 9.17) is 10.2 Å². The number of thiazole rings is 1. The van der Waals surface area contributed by atoms with Gasteiger partial charge in [0.15, 0.2) is 5.58 Å². The van der Waals surface area contributed by atoms with Crippen molar-refractivity contribution >= 4 is 28.1 Å². The minimum absolute atomic E-state index is 0.386. The molecule has 2 heterocycles. The van der Waals surface area contributed by atoms with Gasteiger partial charge in [-0.3, -0.25) is 4.57 Å². The van der Waals surface area contributed by atoms with E-state index in [0.29, 0.717) is 17.8 Å². The fourth-order valence-electron chi connectivity index (χ4n) is 1.84. The van der Waals surface area contributed by atoms with Gasteiger partial charge in [-0.1, -0.05) is 0 Å². The zero-order chi connectivity index (χ0) is 12.7. The van der Waals surface area contributed by atoms with Crippen LogP contribution in [0.1, 0.15) is 10.7 Å². The number of anilines is 1. The Balaban J connectivity index is 2.11. The fourth-order valence-corrected chi connectivity index (χ4v) is 2.60. The van der Waals surface area contributed by atoms with Crippen LogP contribution in [0, 0.1) is 6.92 Å². The highest BCUT2D eigenvalue weighted by Crippen LogP contribution is 2.18. The number of hydrogen-bond acceptors (Lipinski definition) is 5. The monoisotopic (exact) mass is 261 g/mol. The first-order valence-corrected chi connectivity index (χ1v) is 6.31. The largest absolute Gasteiger partial charge is 0.420 e. The average molecular weight is 261 g/mol. The summed E-state index contributed by atoms with van der Waals surface area (Å²) in [5, 5.41) is 2.84. The number of hydrogen-bond donors (Lipinski definition) is 1. The van der Waals surface area contributed by atoms with Gasteiger partial charge in [-0.2, -0.15) is 0 Å². The lowest BCUT2D eigenvalue weighted by molar-refractivity contribution is 0.517. The van der Waals surface area contributed by atoms with E-state index in [0.717, 1.165) is 16.2 Å². The minimum Gasteiger partial charge on any atom is -0.408 e. The summed E-state index contributed by atoms with van der Waals surface area (Å²) in [5.41, 5.74) is 8.44. The summed E-state index contributed by atoms with van der Waals surface area (Å²) in [7, 11) is 0. The molecule has 6 heteroatoms. The molecule has 0 aliphatic rings. The van der Waals surface area contributed by atoms with E-state index in [9.17, 15) is 4.79 Å². The molecule has 3 rings (SSSR count). The zero-order valence-corrected chi connectivity index (χ0v) is 10.5. The third kappa shape index (κ3) is 1.80. The number of nitrogen functional groups attached to an aromatic ring is 1. The van der Waals surface area contributed by atoms with Crippen molar-refractivity contribution in [3.05, 3.63) is 44.8 Å². The summed E-state index contributed by atoms with van der Waals surface area (Å²) in [6.07, 6.45) is 0. The maximum absolute atomic E-state index is 11.8. The predicted octanol–water partition coefficient (Wildman–Crippen LogP) is 1.99. The summed E-state index contributed by atoms with van der Waals surface area (Å²) in [5.74, 6) is -0.386. The van der Waals surface area contributed by atoms with Crippen molar-refractivity contribution in [3.8, 4) is 0 Å². The normalized spacial score (nSPS) is 11.2. The van der Waals surface area contributed by atoms with Gasteiger partial charge in [-0.25, -0.2) is 9.78 Å². The smallest absolute Gasteiger partial charge is 0.408 e. The van der Waals surface area contributed by atoms with E-state index in [-0.39, 0.29) is 5.76 Å². The lowest BCUT2D eigenvalue weighted by Gasteiger charge is -1.98. The first kappa shape index (κ1) is 11.0. The summed E-state index contributed by atoms with van der Waals surface area (Å²) in [6, 6.07) is 5.19. The van der Waals surface area contributed by atoms with Crippen LogP contribution in [0.2, 0.25) is 0 Å². The van der Waals surface area contributed by atoms with Crippen molar-refractivity contribution < 1.29 is 4.42 Å². The van der Waals surface area contributed by atoms with Crippen LogP contribution in [0.5, 0.6) is 0 Å². The van der Waals surface area contributed by atoms with Gasteiger partial charge in [0.05, 0.1) is 12.1 Å². The lowest BCUT2D eigenvalue weighted by Crippen LogP contribution is -2.14. The lowest BCUT2D eigenvalue weighted by atomic mass is 10.3. The molecule has 0 atom stereocenters. The first-order valence-electron chi connectivity index (χ1n) is 5.43. The quantitative estimate of drug-likeness (QED) is 0.716. The van der Waals surface area contributed by atoms with Crippen molar-refractivity contribution in [1.82, 2.24) is 9.55 Å². The Morgan fingerprint density at radius 2 is 2.33 bits per heavy atom. The van der Waals surface area contributed by atoms with E-state index >= 15 is 0 Å². The number of aromatic nitrogens is 2. The van der Waals surface area contributed by atoms with Crippen LogP contribution in [-0.2, 0) is 6.54 Å². The van der Waals surface area contributed by atoms with E-state index < -0.39 is 0 Å². The molecule has 0 saturated carbocycles. The third-order valence-corrected chi connectivity index (χ3v) is 3.60. The Bertz CT molecular complexity index is 769. The molecule has 92 valence electrons. The van der Waals surface area contributed by atoms with Crippen molar-refractivity contribution in [3.63, 3.8) is 0 Å². The van der Waals surface area contributed by atoms with Gasteiger partial charge in [0.2, 0.25) is 0 Å². The van der Waals surface area contributed by atoms with E-state index in [1.54, 1.807) is 22.8 Å². The van der Waals surface area contributed by atoms with Gasteiger partial charge in [-0.15, -0.1) is 11.3 Å². The molecular formula is C12H11N3O2S. The topological polar surface area (TPSA) is 74.0 Å². The Kier molecular flexibility index (Phi) is 2.45. The van der Waals surface area contributed by atoms with Crippen LogP contribution in [0.3, 0.4) is 0 Å². The second kappa shape index (κ2) is 3.99. The van der Waals surface area contributed by atoms with Crippen LogP contribution in [0.25, 0.3) is 11.1 Å². The molecule has 18 heavy (non-hydrogen) atoms. The second-order valence-corrected chi connectivity index (χ2v) is 5.01. The van der Waals surface area contributed by atoms with Crippen LogP contribution >= 0.6 is 11.3 Å². The molecule has 2 N–H and O–H groups in total. The van der Waals surface area contributed by atoms with E-state index in [1.807, 2.05) is 12.3 Å². The van der Waals surface area contributed by atoms with Crippen LogP contribution in [0.15, 0.2) is 32.8 Å². The van der Waals surface area contributed by atoms with Gasteiger partial charge < -0.3 is 10.2 Å². The number of aryl methyl sites for hydroxylation is 1. The van der Waals surface area contributed by atoms with Crippen LogP contribution < -0.4 is 11.5 Å². The van der Waals surface area contributed by atoms with E-state index in [1.165, 1.54) is 11.3 Å². The predicted molar refractivity (Wildman–Crippen MR) is 70.8 cm³/mol. The van der Waals surface area contributed by atoms with Crippen molar-refractivity contribution in [2.75, 3.05) is 5.73 Å². The first-order chi connectivity index (χ1) is 8.63. The molecule has 5 nitrogen and oxygen atoms in total. The number of nitrogens with two attached hydrogens (primary N) is 1. The summed E-state index contributed by atoms with van der Waals surface area (Å²) in [6.45, 7) is 2.35. The van der Waals surface area contributed by atoms with Gasteiger partial charge in [-0.05, 0) is 19.1 Å². The molecule has 2 aromatic heterocycles. The Morgan fingerprint density at radius 3 is 3.06 bits per heavy atom. The highest BCUT2D eigenvalue weighted by atomic mass is 32.1. The maximum Gasteiger partial charge on any atom is 0.420 e. The highest BCUT2D eigenvalue weighted by Gasteiger charge is 2.11.